The summed E-state index contributed by atoms with van der Waals surface area (Å²) in [5.74, 6) is 0.959. The Balaban J connectivity index is 2.31. The van der Waals surface area contributed by atoms with Crippen LogP contribution < -0.4 is 0 Å². The third-order valence-electron chi connectivity index (χ3n) is 2.92. The first-order valence-corrected chi connectivity index (χ1v) is 6.23. The van der Waals surface area contributed by atoms with Crippen LogP contribution in [-0.4, -0.2) is 29.9 Å². The van der Waals surface area contributed by atoms with Crippen molar-refractivity contribution in [3.63, 3.8) is 0 Å². The Morgan fingerprint density at radius 1 is 1.47 bits per heavy atom. The number of ketones is 1. The number of Topliss-reactive ketones (excluding diaryl/α,β-unsaturated/α-hetero) is 1. The molecule has 0 spiro atoms. The maximum Gasteiger partial charge on any atom is 0.306 e. The molecule has 0 aromatic carbocycles. The van der Waals surface area contributed by atoms with Gasteiger partial charge >= 0.3 is 5.97 Å². The van der Waals surface area contributed by atoms with Gasteiger partial charge in [0.15, 0.2) is 0 Å². The van der Waals surface area contributed by atoms with Gasteiger partial charge in [-0.15, -0.1) is 0 Å². The molecule has 0 radical (unpaired) electrons. The van der Waals surface area contributed by atoms with Gasteiger partial charge in [0.2, 0.25) is 0 Å². The van der Waals surface area contributed by atoms with Gasteiger partial charge in [-0.25, -0.2) is 0 Å². The molecule has 86 valence electrons. The standard InChI is InChI=1S/C11H18O3S/c1-8(12)9(2)15-7-11(4-5-11)6-10(13)14-3/h9H,4-7H2,1-3H3. The Bertz CT molecular complexity index is 259. The average Bonchev–Trinajstić information content (AvgIpc) is 2.94. The minimum absolute atomic E-state index is 0.0418. The zero-order valence-electron chi connectivity index (χ0n) is 9.54. The van der Waals surface area contributed by atoms with Crippen LogP contribution in [0.1, 0.15) is 33.1 Å². The number of thioether (sulfide) groups is 1. The molecule has 1 rings (SSSR count). The third kappa shape index (κ3) is 3.86. The van der Waals surface area contributed by atoms with E-state index in [1.807, 2.05) is 6.92 Å². The van der Waals surface area contributed by atoms with Gasteiger partial charge in [0.25, 0.3) is 0 Å². The molecule has 0 saturated heterocycles. The van der Waals surface area contributed by atoms with E-state index in [2.05, 4.69) is 4.74 Å². The Labute approximate surface area is 94.9 Å². The summed E-state index contributed by atoms with van der Waals surface area (Å²) in [4.78, 5) is 22.2. The molecule has 0 aromatic rings. The molecule has 0 N–H and O–H groups in total. The number of hydrogen-bond donors (Lipinski definition) is 0. The summed E-state index contributed by atoms with van der Waals surface area (Å²) in [6.07, 6.45) is 2.67. The van der Waals surface area contributed by atoms with E-state index in [9.17, 15) is 9.59 Å². The van der Waals surface area contributed by atoms with E-state index < -0.39 is 0 Å². The van der Waals surface area contributed by atoms with E-state index in [0.717, 1.165) is 18.6 Å². The van der Waals surface area contributed by atoms with Crippen LogP contribution in [0.25, 0.3) is 0 Å². The highest BCUT2D eigenvalue weighted by atomic mass is 32.2. The maximum absolute atomic E-state index is 11.1. The lowest BCUT2D eigenvalue weighted by atomic mass is 10.1. The lowest BCUT2D eigenvalue weighted by Gasteiger charge is -2.15. The molecule has 1 atom stereocenters. The smallest absolute Gasteiger partial charge is 0.306 e. The van der Waals surface area contributed by atoms with Crippen LogP contribution in [-0.2, 0) is 14.3 Å². The molecular weight excluding hydrogens is 212 g/mol. The van der Waals surface area contributed by atoms with Crippen molar-refractivity contribution in [1.29, 1.82) is 0 Å². The molecule has 1 aliphatic carbocycles. The quantitative estimate of drug-likeness (QED) is 0.655. The van der Waals surface area contributed by atoms with Crippen molar-refractivity contribution in [3.8, 4) is 0 Å². The Hall–Kier alpha value is -0.510. The summed E-state index contributed by atoms with van der Waals surface area (Å²) in [7, 11) is 1.42. The maximum atomic E-state index is 11.1. The van der Waals surface area contributed by atoms with Gasteiger partial charge in [-0.3, -0.25) is 9.59 Å². The Morgan fingerprint density at radius 3 is 2.47 bits per heavy atom. The summed E-state index contributed by atoms with van der Waals surface area (Å²) in [5.41, 5.74) is 0.126. The van der Waals surface area contributed by atoms with E-state index in [0.29, 0.717) is 6.42 Å². The Kier molecular flexibility index (Phi) is 4.20. The van der Waals surface area contributed by atoms with Crippen molar-refractivity contribution in [2.45, 2.75) is 38.4 Å². The second-order valence-electron chi connectivity index (χ2n) is 4.32. The minimum Gasteiger partial charge on any atom is -0.469 e. The zero-order chi connectivity index (χ0) is 11.5. The van der Waals surface area contributed by atoms with Crippen molar-refractivity contribution in [3.05, 3.63) is 0 Å². The summed E-state index contributed by atoms with van der Waals surface area (Å²) in [6, 6.07) is 0. The largest absolute Gasteiger partial charge is 0.469 e. The molecule has 0 aliphatic heterocycles. The predicted octanol–water partition coefficient (Wildman–Crippen LogP) is 2.04. The molecule has 1 saturated carbocycles. The highest BCUT2D eigenvalue weighted by molar-refractivity contribution is 8.00. The number of carbonyl (C=O) groups excluding carboxylic acids is 2. The van der Waals surface area contributed by atoms with Crippen LogP contribution in [0.2, 0.25) is 0 Å². The lowest BCUT2D eigenvalue weighted by Crippen LogP contribution is -2.17. The first-order chi connectivity index (χ1) is 6.99. The highest BCUT2D eigenvalue weighted by Crippen LogP contribution is 2.51. The SMILES string of the molecule is COC(=O)CC1(CSC(C)C(C)=O)CC1. The molecule has 1 unspecified atom stereocenters. The normalized spacial score (nSPS) is 19.4. The van der Waals surface area contributed by atoms with Crippen LogP contribution in [0.5, 0.6) is 0 Å². The second kappa shape index (κ2) is 5.01. The fraction of sp³-hybridized carbons (Fsp3) is 0.818. The van der Waals surface area contributed by atoms with Crippen LogP contribution in [0, 0.1) is 5.41 Å². The first kappa shape index (κ1) is 12.6. The van der Waals surface area contributed by atoms with E-state index in [-0.39, 0.29) is 22.4 Å². The van der Waals surface area contributed by atoms with E-state index >= 15 is 0 Å². The number of hydrogen-bond acceptors (Lipinski definition) is 4. The summed E-state index contributed by atoms with van der Waals surface area (Å²) in [6.45, 7) is 3.53. The molecule has 0 amide bonds. The number of carbonyl (C=O) groups is 2. The number of ether oxygens (including phenoxy) is 1. The molecule has 0 heterocycles. The molecule has 1 fully saturated rings. The van der Waals surface area contributed by atoms with Gasteiger partial charge in [-0.05, 0) is 32.1 Å². The zero-order valence-corrected chi connectivity index (χ0v) is 10.4. The minimum atomic E-state index is -0.136. The monoisotopic (exact) mass is 230 g/mol. The Morgan fingerprint density at radius 2 is 2.07 bits per heavy atom. The van der Waals surface area contributed by atoms with E-state index in [1.54, 1.807) is 18.7 Å². The predicted molar refractivity (Wildman–Crippen MR) is 60.9 cm³/mol. The molecule has 3 nitrogen and oxygen atoms in total. The van der Waals surface area contributed by atoms with Gasteiger partial charge in [0.05, 0.1) is 18.8 Å². The van der Waals surface area contributed by atoms with Crippen LogP contribution >= 0.6 is 11.8 Å². The topological polar surface area (TPSA) is 43.4 Å². The van der Waals surface area contributed by atoms with Gasteiger partial charge in [0.1, 0.15) is 5.78 Å². The van der Waals surface area contributed by atoms with Crippen molar-refractivity contribution < 1.29 is 14.3 Å². The molecule has 0 bridgehead atoms. The van der Waals surface area contributed by atoms with Gasteiger partial charge < -0.3 is 4.74 Å². The molecule has 4 heteroatoms. The van der Waals surface area contributed by atoms with Gasteiger partial charge in [0, 0.05) is 5.75 Å². The summed E-state index contributed by atoms with van der Waals surface area (Å²) >= 11 is 1.65. The summed E-state index contributed by atoms with van der Waals surface area (Å²) in [5, 5.41) is 0.0418. The lowest BCUT2D eigenvalue weighted by molar-refractivity contribution is -0.141. The fourth-order valence-corrected chi connectivity index (χ4v) is 2.58. The third-order valence-corrected chi connectivity index (χ3v) is 4.53. The van der Waals surface area contributed by atoms with Crippen LogP contribution in [0.4, 0.5) is 0 Å². The number of esters is 1. The van der Waals surface area contributed by atoms with Crippen molar-refractivity contribution >= 4 is 23.5 Å². The van der Waals surface area contributed by atoms with Crippen LogP contribution in [0.3, 0.4) is 0 Å². The molecule has 0 aromatic heterocycles. The second-order valence-corrected chi connectivity index (χ2v) is 5.65. The molecule has 1 aliphatic rings. The fourth-order valence-electron chi connectivity index (χ4n) is 1.35. The summed E-state index contributed by atoms with van der Waals surface area (Å²) < 4.78 is 4.67. The number of methoxy groups -OCH3 is 1. The number of rotatable bonds is 6. The van der Waals surface area contributed by atoms with Gasteiger partial charge in [-0.1, -0.05) is 0 Å². The van der Waals surface area contributed by atoms with Crippen molar-refractivity contribution in [2.24, 2.45) is 5.41 Å². The first-order valence-electron chi connectivity index (χ1n) is 5.18. The molecule has 15 heavy (non-hydrogen) atoms. The van der Waals surface area contributed by atoms with Crippen LogP contribution in [0.15, 0.2) is 0 Å². The van der Waals surface area contributed by atoms with Gasteiger partial charge in [-0.2, -0.15) is 11.8 Å². The van der Waals surface area contributed by atoms with Crippen molar-refractivity contribution in [2.75, 3.05) is 12.9 Å². The average molecular weight is 230 g/mol. The van der Waals surface area contributed by atoms with E-state index in [4.69, 9.17) is 0 Å². The highest BCUT2D eigenvalue weighted by Gasteiger charge is 2.44. The molecular formula is C11H18O3S. The van der Waals surface area contributed by atoms with Crippen molar-refractivity contribution in [1.82, 2.24) is 0 Å². The van der Waals surface area contributed by atoms with E-state index in [1.165, 1.54) is 7.11 Å².